The first-order valence-electron chi connectivity index (χ1n) is 9.67. The number of nitrogens with one attached hydrogen (secondary N) is 1. The maximum atomic E-state index is 12.7. The van der Waals surface area contributed by atoms with Crippen LogP contribution < -0.4 is 5.32 Å². The predicted octanol–water partition coefficient (Wildman–Crippen LogP) is 3.69. The fourth-order valence-corrected chi connectivity index (χ4v) is 3.19. The summed E-state index contributed by atoms with van der Waals surface area (Å²) in [6, 6.07) is 19.0. The van der Waals surface area contributed by atoms with Crippen molar-refractivity contribution in [3.63, 3.8) is 0 Å². The van der Waals surface area contributed by atoms with Crippen LogP contribution in [-0.4, -0.2) is 34.3 Å². The lowest BCUT2D eigenvalue weighted by molar-refractivity contribution is -0.139. The topological polar surface area (TPSA) is 96.4 Å². The SMILES string of the molecule is O=C(NCCCC(C(=O)O)c1cccc(C(=O)c2ccccc2)c1)c1cccnc1. The maximum absolute atomic E-state index is 12.7. The van der Waals surface area contributed by atoms with Gasteiger partial charge < -0.3 is 10.4 Å². The number of rotatable bonds is 9. The van der Waals surface area contributed by atoms with Gasteiger partial charge in [0.15, 0.2) is 5.78 Å². The van der Waals surface area contributed by atoms with E-state index in [0.29, 0.717) is 41.6 Å². The van der Waals surface area contributed by atoms with Gasteiger partial charge in [-0.3, -0.25) is 19.4 Å². The van der Waals surface area contributed by atoms with E-state index in [-0.39, 0.29) is 11.7 Å². The Morgan fingerprint density at radius 2 is 1.63 bits per heavy atom. The molecule has 1 heterocycles. The van der Waals surface area contributed by atoms with Crippen LogP contribution in [-0.2, 0) is 4.79 Å². The highest BCUT2D eigenvalue weighted by Gasteiger charge is 2.21. The van der Waals surface area contributed by atoms with Crippen molar-refractivity contribution in [3.8, 4) is 0 Å². The van der Waals surface area contributed by atoms with E-state index in [1.54, 1.807) is 66.9 Å². The number of hydrogen-bond donors (Lipinski definition) is 2. The van der Waals surface area contributed by atoms with Gasteiger partial charge in [-0.25, -0.2) is 0 Å². The summed E-state index contributed by atoms with van der Waals surface area (Å²) in [5.74, 6) is -2.11. The molecule has 1 aromatic heterocycles. The first-order valence-corrected chi connectivity index (χ1v) is 9.67. The van der Waals surface area contributed by atoms with Crippen LogP contribution >= 0.6 is 0 Å². The minimum atomic E-state index is -0.960. The van der Waals surface area contributed by atoms with Gasteiger partial charge >= 0.3 is 5.97 Å². The van der Waals surface area contributed by atoms with E-state index in [1.165, 1.54) is 6.20 Å². The Kier molecular flexibility index (Phi) is 7.05. The van der Waals surface area contributed by atoms with Crippen molar-refractivity contribution in [1.82, 2.24) is 10.3 Å². The fraction of sp³-hybridized carbons (Fsp3) is 0.167. The first kappa shape index (κ1) is 20.9. The van der Waals surface area contributed by atoms with Gasteiger partial charge in [0.05, 0.1) is 11.5 Å². The molecule has 0 spiro atoms. The largest absolute Gasteiger partial charge is 0.481 e. The highest BCUT2D eigenvalue weighted by atomic mass is 16.4. The van der Waals surface area contributed by atoms with Gasteiger partial charge in [-0.1, -0.05) is 48.5 Å². The molecule has 1 atom stereocenters. The lowest BCUT2D eigenvalue weighted by Crippen LogP contribution is -2.25. The summed E-state index contributed by atoms with van der Waals surface area (Å²) in [4.78, 5) is 40.4. The van der Waals surface area contributed by atoms with E-state index in [4.69, 9.17) is 0 Å². The van der Waals surface area contributed by atoms with Crippen molar-refractivity contribution in [2.75, 3.05) is 6.54 Å². The molecule has 0 aliphatic rings. The van der Waals surface area contributed by atoms with Crippen LogP contribution in [0.1, 0.15) is 50.6 Å². The zero-order chi connectivity index (χ0) is 21.3. The molecule has 2 N–H and O–H groups in total. The molecule has 3 aromatic rings. The molecule has 0 radical (unpaired) electrons. The lowest BCUT2D eigenvalue weighted by atomic mass is 9.91. The van der Waals surface area contributed by atoms with Crippen LogP contribution in [0.5, 0.6) is 0 Å². The number of carbonyl (C=O) groups is 3. The van der Waals surface area contributed by atoms with Crippen molar-refractivity contribution in [1.29, 1.82) is 0 Å². The third kappa shape index (κ3) is 5.38. The van der Waals surface area contributed by atoms with Crippen molar-refractivity contribution in [2.45, 2.75) is 18.8 Å². The summed E-state index contributed by atoms with van der Waals surface area (Å²) in [6.07, 6.45) is 3.89. The lowest BCUT2D eigenvalue weighted by Gasteiger charge is -2.14. The average Bonchev–Trinajstić information content (AvgIpc) is 2.79. The Morgan fingerprint density at radius 1 is 0.900 bits per heavy atom. The van der Waals surface area contributed by atoms with Gasteiger partial charge in [-0.15, -0.1) is 0 Å². The quantitative estimate of drug-likeness (QED) is 0.420. The second-order valence-corrected chi connectivity index (χ2v) is 6.85. The van der Waals surface area contributed by atoms with Crippen LogP contribution in [0.25, 0.3) is 0 Å². The normalized spacial score (nSPS) is 11.5. The Bertz CT molecular complexity index is 1020. The minimum Gasteiger partial charge on any atom is -0.481 e. The van der Waals surface area contributed by atoms with Crippen molar-refractivity contribution < 1.29 is 19.5 Å². The average molecular weight is 402 g/mol. The van der Waals surface area contributed by atoms with Crippen molar-refractivity contribution >= 4 is 17.7 Å². The minimum absolute atomic E-state index is 0.148. The number of aliphatic carboxylic acids is 1. The van der Waals surface area contributed by atoms with Crippen molar-refractivity contribution in [3.05, 3.63) is 101 Å². The number of ketones is 1. The number of carboxylic acids is 1. The summed E-state index contributed by atoms with van der Waals surface area (Å²) < 4.78 is 0. The second kappa shape index (κ2) is 10.1. The van der Waals surface area contributed by atoms with Gasteiger partial charge in [-0.05, 0) is 36.6 Å². The Morgan fingerprint density at radius 3 is 2.33 bits per heavy atom. The van der Waals surface area contributed by atoms with Crippen LogP contribution in [0, 0.1) is 0 Å². The molecular weight excluding hydrogens is 380 g/mol. The molecule has 1 unspecified atom stereocenters. The molecule has 0 saturated heterocycles. The second-order valence-electron chi connectivity index (χ2n) is 6.85. The summed E-state index contributed by atoms with van der Waals surface area (Å²) in [5, 5.41) is 12.4. The molecule has 152 valence electrons. The molecule has 0 aliphatic carbocycles. The molecule has 0 fully saturated rings. The van der Waals surface area contributed by atoms with Gasteiger partial charge in [0, 0.05) is 30.1 Å². The summed E-state index contributed by atoms with van der Waals surface area (Å²) >= 11 is 0. The Balaban J connectivity index is 1.63. The van der Waals surface area contributed by atoms with E-state index < -0.39 is 11.9 Å². The number of amides is 1. The first-order chi connectivity index (χ1) is 14.6. The summed E-state index contributed by atoms with van der Waals surface area (Å²) in [7, 11) is 0. The van der Waals surface area contributed by atoms with E-state index in [2.05, 4.69) is 10.3 Å². The molecule has 6 nitrogen and oxygen atoms in total. The Hall–Kier alpha value is -3.80. The smallest absolute Gasteiger partial charge is 0.310 e. The highest BCUT2D eigenvalue weighted by Crippen LogP contribution is 2.23. The van der Waals surface area contributed by atoms with Gasteiger partial charge in [0.1, 0.15) is 0 Å². The highest BCUT2D eigenvalue weighted by molar-refractivity contribution is 6.09. The van der Waals surface area contributed by atoms with Crippen molar-refractivity contribution in [2.24, 2.45) is 0 Å². The molecular formula is C24H22N2O4. The third-order valence-electron chi connectivity index (χ3n) is 4.76. The monoisotopic (exact) mass is 402 g/mol. The molecule has 3 rings (SSSR count). The molecule has 0 saturated carbocycles. The van der Waals surface area contributed by atoms with Crippen LogP contribution in [0.2, 0.25) is 0 Å². The standard InChI is InChI=1S/C24H22N2O4/c27-22(17-7-2-1-3-8-17)19-10-4-9-18(15-19)21(24(29)30)12-6-14-26-23(28)20-11-5-13-25-16-20/h1-5,7-11,13,15-16,21H,6,12,14H2,(H,26,28)(H,29,30). The molecule has 1 amide bonds. The van der Waals surface area contributed by atoms with Gasteiger partial charge in [-0.2, -0.15) is 0 Å². The Labute approximate surface area is 174 Å². The van der Waals surface area contributed by atoms with Crippen LogP contribution in [0.15, 0.2) is 79.1 Å². The number of hydrogen-bond acceptors (Lipinski definition) is 4. The molecule has 0 aliphatic heterocycles. The predicted molar refractivity (Wildman–Crippen MR) is 112 cm³/mol. The number of benzene rings is 2. The third-order valence-corrected chi connectivity index (χ3v) is 4.76. The van der Waals surface area contributed by atoms with Crippen LogP contribution in [0.4, 0.5) is 0 Å². The van der Waals surface area contributed by atoms with E-state index in [1.807, 2.05) is 6.07 Å². The molecule has 0 bridgehead atoms. The molecule has 6 heteroatoms. The maximum Gasteiger partial charge on any atom is 0.310 e. The number of carbonyl (C=O) groups excluding carboxylic acids is 2. The van der Waals surface area contributed by atoms with Crippen LogP contribution in [0.3, 0.4) is 0 Å². The van der Waals surface area contributed by atoms with E-state index in [9.17, 15) is 19.5 Å². The summed E-state index contributed by atoms with van der Waals surface area (Å²) in [6.45, 7) is 0.347. The molecule has 2 aromatic carbocycles. The number of carboxylic acid groups (broad SMARTS) is 1. The number of nitrogens with zero attached hydrogens (tertiary/aromatic N) is 1. The fourth-order valence-electron chi connectivity index (χ4n) is 3.19. The van der Waals surface area contributed by atoms with Gasteiger partial charge in [0.25, 0.3) is 5.91 Å². The number of aromatic nitrogens is 1. The number of pyridine rings is 1. The molecule has 30 heavy (non-hydrogen) atoms. The van der Waals surface area contributed by atoms with E-state index in [0.717, 1.165) is 0 Å². The summed E-state index contributed by atoms with van der Waals surface area (Å²) in [5.41, 5.74) is 2.04. The zero-order valence-corrected chi connectivity index (χ0v) is 16.3. The van der Waals surface area contributed by atoms with Gasteiger partial charge in [0.2, 0.25) is 0 Å². The zero-order valence-electron chi connectivity index (χ0n) is 16.3. The van der Waals surface area contributed by atoms with E-state index >= 15 is 0 Å².